The van der Waals surface area contributed by atoms with Gasteiger partial charge in [0.15, 0.2) is 5.11 Å². The average Bonchev–Trinajstić information content (AvgIpc) is 3.30. The molecule has 0 bridgehead atoms. The second-order valence-electron chi connectivity index (χ2n) is 8.29. The molecule has 5 rings (SSSR count). The molecule has 2 aromatic heterocycles. The second kappa shape index (κ2) is 9.97. The van der Waals surface area contributed by atoms with Gasteiger partial charge >= 0.3 is 5.63 Å². The van der Waals surface area contributed by atoms with Crippen LogP contribution >= 0.6 is 12.2 Å². The SMILES string of the molecule is Cc1cccc(C)c1NC(=S)N/N=C/c1cn(-c2ccccc2)nc1-c1cc2ccccc2oc1=O. The molecule has 8 heteroatoms. The van der Waals surface area contributed by atoms with Crippen LogP contribution in [0.5, 0.6) is 0 Å². The fourth-order valence-corrected chi connectivity index (χ4v) is 4.10. The molecular formula is C28H23N5O2S. The van der Waals surface area contributed by atoms with Crippen molar-refractivity contribution in [3.63, 3.8) is 0 Å². The maximum atomic E-state index is 12.9. The van der Waals surface area contributed by atoms with Gasteiger partial charge in [0, 0.05) is 22.8 Å². The van der Waals surface area contributed by atoms with Crippen molar-refractivity contribution in [1.29, 1.82) is 0 Å². The molecule has 7 nitrogen and oxygen atoms in total. The summed E-state index contributed by atoms with van der Waals surface area (Å²) in [4.78, 5) is 12.9. The predicted molar refractivity (Wildman–Crippen MR) is 148 cm³/mol. The number of nitrogens with one attached hydrogen (secondary N) is 2. The highest BCUT2D eigenvalue weighted by molar-refractivity contribution is 7.80. The number of benzene rings is 3. The average molecular weight is 494 g/mol. The van der Waals surface area contributed by atoms with Crippen LogP contribution in [0.1, 0.15) is 16.7 Å². The zero-order chi connectivity index (χ0) is 25.1. The van der Waals surface area contributed by atoms with Crippen LogP contribution in [-0.2, 0) is 0 Å². The van der Waals surface area contributed by atoms with E-state index < -0.39 is 5.63 Å². The van der Waals surface area contributed by atoms with E-state index in [-0.39, 0.29) is 0 Å². The molecule has 2 N–H and O–H groups in total. The summed E-state index contributed by atoms with van der Waals surface area (Å²) in [5.74, 6) is 0. The molecule has 0 fully saturated rings. The molecule has 0 spiro atoms. The number of hydrazone groups is 1. The molecule has 3 aromatic carbocycles. The van der Waals surface area contributed by atoms with Gasteiger partial charge in [-0.2, -0.15) is 10.2 Å². The van der Waals surface area contributed by atoms with Crippen molar-refractivity contribution >= 4 is 40.2 Å². The first kappa shape index (κ1) is 23.2. The minimum Gasteiger partial charge on any atom is -0.422 e. The van der Waals surface area contributed by atoms with Gasteiger partial charge in [-0.3, -0.25) is 5.43 Å². The highest BCUT2D eigenvalue weighted by Gasteiger charge is 2.16. The minimum atomic E-state index is -0.471. The monoisotopic (exact) mass is 493 g/mol. The van der Waals surface area contributed by atoms with Crippen molar-refractivity contribution in [2.75, 3.05) is 5.32 Å². The maximum absolute atomic E-state index is 12.9. The van der Waals surface area contributed by atoms with Gasteiger partial charge in [0.25, 0.3) is 0 Å². The number of aromatic nitrogens is 2. The predicted octanol–water partition coefficient (Wildman–Crippen LogP) is 5.58. The minimum absolute atomic E-state index is 0.348. The number of nitrogens with zero attached hydrogens (tertiary/aromatic N) is 3. The van der Waals surface area contributed by atoms with E-state index in [1.54, 1.807) is 23.0 Å². The maximum Gasteiger partial charge on any atom is 0.345 e. The van der Waals surface area contributed by atoms with Gasteiger partial charge < -0.3 is 9.73 Å². The van der Waals surface area contributed by atoms with Gasteiger partial charge in [0.05, 0.1) is 17.5 Å². The summed E-state index contributed by atoms with van der Waals surface area (Å²) in [5.41, 5.74) is 8.30. The Balaban J connectivity index is 1.48. The molecule has 0 saturated carbocycles. The summed E-state index contributed by atoms with van der Waals surface area (Å²) in [5, 5.41) is 13.4. The summed E-state index contributed by atoms with van der Waals surface area (Å²) in [6.07, 6.45) is 3.40. The fraction of sp³-hybridized carbons (Fsp3) is 0.0714. The Kier molecular flexibility index (Phi) is 6.42. The standard InChI is InChI=1S/C28H23N5O2S/c1-18-9-8-10-19(2)25(18)30-28(36)31-29-16-21-17-33(22-12-4-3-5-13-22)32-26(21)23-15-20-11-6-7-14-24(20)35-27(23)34/h3-17H,1-2H3,(H2,30,31,36)/b29-16+. The number of thiocarbonyl (C=S) groups is 1. The summed E-state index contributed by atoms with van der Waals surface area (Å²) in [6, 6.07) is 24.8. The Morgan fingerprint density at radius 2 is 1.72 bits per heavy atom. The number of aryl methyl sites for hydroxylation is 2. The summed E-state index contributed by atoms with van der Waals surface area (Å²) in [6.45, 7) is 4.03. The number of para-hydroxylation sites is 3. The number of hydrogen-bond donors (Lipinski definition) is 2. The van der Waals surface area contributed by atoms with E-state index in [0.29, 0.717) is 27.5 Å². The van der Waals surface area contributed by atoms with Crippen LogP contribution in [0.3, 0.4) is 0 Å². The topological polar surface area (TPSA) is 84.4 Å². The zero-order valence-corrected chi connectivity index (χ0v) is 20.5. The molecule has 0 aliphatic carbocycles. The largest absolute Gasteiger partial charge is 0.422 e. The van der Waals surface area contributed by atoms with E-state index in [4.69, 9.17) is 21.7 Å². The summed E-state index contributed by atoms with van der Waals surface area (Å²) in [7, 11) is 0. The smallest absolute Gasteiger partial charge is 0.345 e. The van der Waals surface area contributed by atoms with Crippen molar-refractivity contribution in [1.82, 2.24) is 15.2 Å². The van der Waals surface area contributed by atoms with E-state index >= 15 is 0 Å². The molecule has 5 aromatic rings. The van der Waals surface area contributed by atoms with E-state index in [1.165, 1.54) is 0 Å². The molecule has 0 amide bonds. The Hall–Kier alpha value is -4.56. The lowest BCUT2D eigenvalue weighted by atomic mass is 10.1. The van der Waals surface area contributed by atoms with Crippen molar-refractivity contribution in [3.05, 3.63) is 112 Å². The summed E-state index contributed by atoms with van der Waals surface area (Å²) >= 11 is 5.43. The first-order chi connectivity index (χ1) is 17.5. The lowest BCUT2D eigenvalue weighted by molar-refractivity contribution is 0.563. The first-order valence-electron chi connectivity index (χ1n) is 11.3. The molecule has 0 radical (unpaired) electrons. The van der Waals surface area contributed by atoms with Crippen LogP contribution < -0.4 is 16.4 Å². The lowest BCUT2D eigenvalue weighted by Crippen LogP contribution is -2.24. The fourth-order valence-electron chi connectivity index (χ4n) is 3.94. The van der Waals surface area contributed by atoms with Crippen molar-refractivity contribution in [2.45, 2.75) is 13.8 Å². The molecule has 0 aliphatic rings. The molecule has 0 aliphatic heterocycles. The number of rotatable bonds is 5. The summed E-state index contributed by atoms with van der Waals surface area (Å²) < 4.78 is 7.26. The molecule has 0 unspecified atom stereocenters. The van der Waals surface area contributed by atoms with Crippen molar-refractivity contribution in [3.8, 4) is 16.9 Å². The van der Waals surface area contributed by atoms with Crippen LogP contribution in [0.15, 0.2) is 99.4 Å². The normalized spacial score (nSPS) is 11.2. The van der Waals surface area contributed by atoms with Crippen LogP contribution in [0.25, 0.3) is 27.9 Å². The van der Waals surface area contributed by atoms with Gasteiger partial charge in [-0.1, -0.05) is 54.6 Å². The third-order valence-corrected chi connectivity index (χ3v) is 5.94. The van der Waals surface area contributed by atoms with Crippen molar-refractivity contribution in [2.24, 2.45) is 5.10 Å². The van der Waals surface area contributed by atoms with Crippen LogP contribution in [-0.4, -0.2) is 21.1 Å². The van der Waals surface area contributed by atoms with E-state index in [0.717, 1.165) is 27.9 Å². The third kappa shape index (κ3) is 4.80. The van der Waals surface area contributed by atoms with Crippen molar-refractivity contribution < 1.29 is 4.42 Å². The number of hydrogen-bond acceptors (Lipinski definition) is 5. The highest BCUT2D eigenvalue weighted by Crippen LogP contribution is 2.24. The Bertz CT molecular complexity index is 1630. The van der Waals surface area contributed by atoms with Gasteiger partial charge in [-0.15, -0.1) is 0 Å². The number of fused-ring (bicyclic) bond motifs is 1. The van der Waals surface area contributed by atoms with Gasteiger partial charge in [0.1, 0.15) is 11.3 Å². The highest BCUT2D eigenvalue weighted by atomic mass is 32.1. The third-order valence-electron chi connectivity index (χ3n) is 5.75. The van der Waals surface area contributed by atoms with E-state index in [2.05, 4.69) is 15.8 Å². The van der Waals surface area contributed by atoms with Gasteiger partial charge in [-0.25, -0.2) is 9.48 Å². The van der Waals surface area contributed by atoms with Crippen LogP contribution in [0, 0.1) is 13.8 Å². The van der Waals surface area contributed by atoms with Crippen LogP contribution in [0.4, 0.5) is 5.69 Å². The first-order valence-corrected chi connectivity index (χ1v) is 11.7. The van der Waals surface area contributed by atoms with Gasteiger partial charge in [-0.05, 0) is 61.5 Å². The molecule has 0 atom stereocenters. The Morgan fingerprint density at radius 3 is 2.50 bits per heavy atom. The van der Waals surface area contributed by atoms with Gasteiger partial charge in [0.2, 0.25) is 0 Å². The molecule has 0 saturated heterocycles. The second-order valence-corrected chi connectivity index (χ2v) is 8.70. The van der Waals surface area contributed by atoms with E-state index in [1.807, 2.05) is 86.8 Å². The Morgan fingerprint density at radius 1 is 1.00 bits per heavy atom. The van der Waals surface area contributed by atoms with E-state index in [9.17, 15) is 4.79 Å². The van der Waals surface area contributed by atoms with Crippen LogP contribution in [0.2, 0.25) is 0 Å². The zero-order valence-electron chi connectivity index (χ0n) is 19.7. The quantitative estimate of drug-likeness (QED) is 0.144. The molecular weight excluding hydrogens is 470 g/mol. The number of anilines is 1. The lowest BCUT2D eigenvalue weighted by Gasteiger charge is -2.12. The Labute approximate surface area is 213 Å². The molecule has 2 heterocycles. The molecule has 36 heavy (non-hydrogen) atoms. The molecule has 178 valence electrons.